The fourth-order valence-corrected chi connectivity index (χ4v) is 2.58. The molecule has 6 nitrogen and oxygen atoms in total. The molecule has 0 fully saturated rings. The molecular weight excluding hydrogens is 254 g/mol. The molecule has 0 bridgehead atoms. The second kappa shape index (κ2) is 5.81. The summed E-state index contributed by atoms with van der Waals surface area (Å²) in [5.41, 5.74) is 3.91. The van der Waals surface area contributed by atoms with Gasteiger partial charge in [0.1, 0.15) is 0 Å². The SMILES string of the molecule is O=C(Cc1ccc2c(c1)CCCC2)NCc1nn[nH]n1. The van der Waals surface area contributed by atoms with Crippen molar-refractivity contribution >= 4 is 5.91 Å². The van der Waals surface area contributed by atoms with Gasteiger partial charge in [-0.1, -0.05) is 23.4 Å². The van der Waals surface area contributed by atoms with Crippen LogP contribution in [0.1, 0.15) is 35.4 Å². The molecule has 1 aromatic carbocycles. The lowest BCUT2D eigenvalue weighted by atomic mass is 9.90. The standard InChI is InChI=1S/C14H17N5O/c20-14(15-9-13-16-18-19-17-13)8-10-5-6-11-3-1-2-4-12(11)7-10/h5-7H,1-4,8-9H2,(H,15,20)(H,16,17,18,19). The molecule has 2 N–H and O–H groups in total. The van der Waals surface area contributed by atoms with Gasteiger partial charge in [-0.2, -0.15) is 5.21 Å². The summed E-state index contributed by atoms with van der Waals surface area (Å²) in [6.07, 6.45) is 5.22. The molecule has 0 unspecified atom stereocenters. The van der Waals surface area contributed by atoms with Gasteiger partial charge in [-0.25, -0.2) is 0 Å². The average molecular weight is 271 g/mol. The maximum absolute atomic E-state index is 11.9. The van der Waals surface area contributed by atoms with Crippen molar-refractivity contribution in [3.8, 4) is 0 Å². The predicted molar refractivity (Wildman–Crippen MR) is 72.8 cm³/mol. The lowest BCUT2D eigenvalue weighted by molar-refractivity contribution is -0.120. The van der Waals surface area contributed by atoms with Crippen LogP contribution in [0, 0.1) is 0 Å². The number of rotatable bonds is 4. The number of nitrogens with one attached hydrogen (secondary N) is 2. The van der Waals surface area contributed by atoms with Crippen molar-refractivity contribution in [1.82, 2.24) is 25.9 Å². The van der Waals surface area contributed by atoms with Gasteiger partial charge in [0.05, 0.1) is 13.0 Å². The maximum atomic E-state index is 11.9. The summed E-state index contributed by atoms with van der Waals surface area (Å²) in [5.74, 6) is 0.467. The zero-order valence-corrected chi connectivity index (χ0v) is 11.2. The van der Waals surface area contributed by atoms with E-state index in [1.54, 1.807) is 0 Å². The first-order chi connectivity index (χ1) is 9.81. The van der Waals surface area contributed by atoms with Gasteiger partial charge in [0, 0.05) is 0 Å². The number of aromatic amines is 1. The molecule has 0 aliphatic heterocycles. The minimum atomic E-state index is -0.0226. The Morgan fingerprint density at radius 3 is 2.90 bits per heavy atom. The Morgan fingerprint density at radius 1 is 1.25 bits per heavy atom. The van der Waals surface area contributed by atoms with Crippen LogP contribution in [0.2, 0.25) is 0 Å². The lowest BCUT2D eigenvalue weighted by Gasteiger charge is -2.16. The third-order valence-corrected chi connectivity index (χ3v) is 3.61. The highest BCUT2D eigenvalue weighted by molar-refractivity contribution is 5.78. The van der Waals surface area contributed by atoms with Crippen LogP contribution in [0.15, 0.2) is 18.2 Å². The number of H-pyrrole nitrogens is 1. The van der Waals surface area contributed by atoms with Crippen molar-refractivity contribution < 1.29 is 4.79 Å². The highest BCUT2D eigenvalue weighted by atomic mass is 16.1. The Morgan fingerprint density at radius 2 is 2.10 bits per heavy atom. The van der Waals surface area contributed by atoms with Crippen molar-refractivity contribution in [3.63, 3.8) is 0 Å². The molecule has 1 aliphatic rings. The zero-order valence-electron chi connectivity index (χ0n) is 11.2. The highest BCUT2D eigenvalue weighted by Gasteiger charge is 2.11. The number of benzene rings is 1. The van der Waals surface area contributed by atoms with Gasteiger partial charge in [-0.3, -0.25) is 4.79 Å². The first-order valence-electron chi connectivity index (χ1n) is 6.91. The molecule has 104 valence electrons. The second-order valence-corrected chi connectivity index (χ2v) is 5.09. The quantitative estimate of drug-likeness (QED) is 0.866. The number of amides is 1. The molecular formula is C14H17N5O. The van der Waals surface area contributed by atoms with Crippen molar-refractivity contribution in [1.29, 1.82) is 0 Å². The van der Waals surface area contributed by atoms with Crippen molar-refractivity contribution in [2.24, 2.45) is 0 Å². The van der Waals surface area contributed by atoms with E-state index in [0.29, 0.717) is 18.8 Å². The third-order valence-electron chi connectivity index (χ3n) is 3.61. The predicted octanol–water partition coefficient (Wildman–Crippen LogP) is 0.937. The van der Waals surface area contributed by atoms with Crippen LogP contribution in [0.4, 0.5) is 0 Å². The van der Waals surface area contributed by atoms with Crippen molar-refractivity contribution in [2.45, 2.75) is 38.6 Å². The van der Waals surface area contributed by atoms with E-state index in [1.807, 2.05) is 0 Å². The van der Waals surface area contributed by atoms with Gasteiger partial charge in [-0.15, -0.1) is 10.2 Å². The van der Waals surface area contributed by atoms with Gasteiger partial charge in [0.2, 0.25) is 5.91 Å². The van der Waals surface area contributed by atoms with Crippen LogP contribution in [0.25, 0.3) is 0 Å². The Hall–Kier alpha value is -2.24. The molecule has 0 saturated heterocycles. The van der Waals surface area contributed by atoms with Crippen molar-refractivity contribution in [2.75, 3.05) is 0 Å². The number of hydrogen-bond acceptors (Lipinski definition) is 4. The Bertz CT molecular complexity index is 594. The van der Waals surface area contributed by atoms with E-state index >= 15 is 0 Å². The van der Waals surface area contributed by atoms with E-state index in [1.165, 1.54) is 30.4 Å². The van der Waals surface area contributed by atoms with Gasteiger partial charge in [-0.05, 0) is 42.4 Å². The summed E-state index contributed by atoms with van der Waals surface area (Å²) in [5, 5.41) is 16.2. The topological polar surface area (TPSA) is 83.6 Å². The number of carbonyl (C=O) groups is 1. The summed E-state index contributed by atoms with van der Waals surface area (Å²) in [6.45, 7) is 0.306. The molecule has 0 saturated carbocycles. The molecule has 6 heteroatoms. The van der Waals surface area contributed by atoms with E-state index < -0.39 is 0 Å². The highest BCUT2D eigenvalue weighted by Crippen LogP contribution is 2.22. The lowest BCUT2D eigenvalue weighted by Crippen LogP contribution is -2.25. The summed E-state index contributed by atoms with van der Waals surface area (Å²) < 4.78 is 0. The Kier molecular flexibility index (Phi) is 3.71. The number of nitrogens with zero attached hydrogens (tertiary/aromatic N) is 3. The average Bonchev–Trinajstić information content (AvgIpc) is 2.98. The molecule has 1 aliphatic carbocycles. The maximum Gasteiger partial charge on any atom is 0.224 e. The summed E-state index contributed by atoms with van der Waals surface area (Å²) in [6, 6.07) is 6.39. The largest absolute Gasteiger partial charge is 0.348 e. The van der Waals surface area contributed by atoms with Gasteiger partial charge in [0.15, 0.2) is 5.82 Å². The van der Waals surface area contributed by atoms with Crippen LogP contribution in [0.3, 0.4) is 0 Å². The van der Waals surface area contributed by atoms with Crippen LogP contribution in [0.5, 0.6) is 0 Å². The number of carbonyl (C=O) groups excluding carboxylic acids is 1. The van der Waals surface area contributed by atoms with E-state index in [-0.39, 0.29) is 5.91 Å². The molecule has 0 spiro atoms. The van der Waals surface area contributed by atoms with Crippen LogP contribution < -0.4 is 5.32 Å². The van der Waals surface area contributed by atoms with E-state index in [9.17, 15) is 4.79 Å². The normalized spacial score (nSPS) is 13.8. The number of hydrogen-bond donors (Lipinski definition) is 2. The van der Waals surface area contributed by atoms with E-state index in [2.05, 4.69) is 44.1 Å². The molecule has 1 heterocycles. The van der Waals surface area contributed by atoms with Gasteiger partial charge in [0.25, 0.3) is 0 Å². The summed E-state index contributed by atoms with van der Waals surface area (Å²) in [7, 11) is 0. The molecule has 2 aromatic rings. The first kappa shape index (κ1) is 12.8. The summed E-state index contributed by atoms with van der Waals surface area (Å²) >= 11 is 0. The number of aromatic nitrogens is 4. The Balaban J connectivity index is 1.58. The second-order valence-electron chi connectivity index (χ2n) is 5.09. The number of tetrazole rings is 1. The third kappa shape index (κ3) is 3.01. The van der Waals surface area contributed by atoms with Crippen LogP contribution in [-0.2, 0) is 30.6 Å². The summed E-state index contributed by atoms with van der Waals surface area (Å²) in [4.78, 5) is 11.9. The van der Waals surface area contributed by atoms with Crippen molar-refractivity contribution in [3.05, 3.63) is 40.7 Å². The number of aryl methyl sites for hydroxylation is 2. The first-order valence-corrected chi connectivity index (χ1v) is 6.91. The van der Waals surface area contributed by atoms with Gasteiger partial charge >= 0.3 is 0 Å². The van der Waals surface area contributed by atoms with Gasteiger partial charge < -0.3 is 5.32 Å². The van der Waals surface area contributed by atoms with Crippen LogP contribution in [-0.4, -0.2) is 26.5 Å². The van der Waals surface area contributed by atoms with E-state index in [4.69, 9.17) is 0 Å². The minimum Gasteiger partial charge on any atom is -0.348 e. The zero-order chi connectivity index (χ0) is 13.8. The molecule has 20 heavy (non-hydrogen) atoms. The molecule has 0 atom stereocenters. The molecule has 1 aromatic heterocycles. The molecule has 3 rings (SSSR count). The van der Waals surface area contributed by atoms with E-state index in [0.717, 1.165) is 12.0 Å². The minimum absolute atomic E-state index is 0.0226. The fourth-order valence-electron chi connectivity index (χ4n) is 2.58. The smallest absolute Gasteiger partial charge is 0.224 e. The monoisotopic (exact) mass is 271 g/mol. The Labute approximate surface area is 117 Å². The van der Waals surface area contributed by atoms with Crippen LogP contribution >= 0.6 is 0 Å². The fraction of sp³-hybridized carbons (Fsp3) is 0.429. The molecule has 1 amide bonds. The number of fused-ring (bicyclic) bond motifs is 1. The molecule has 0 radical (unpaired) electrons.